The molecule has 12 heavy (non-hydrogen) atoms. The first-order valence-electron chi connectivity index (χ1n) is 4.19. The van der Waals surface area contributed by atoms with Crippen molar-refractivity contribution in [2.75, 3.05) is 6.61 Å². The van der Waals surface area contributed by atoms with E-state index in [1.165, 1.54) is 5.56 Å². The van der Waals surface area contributed by atoms with Crippen molar-refractivity contribution >= 4 is 11.6 Å². The van der Waals surface area contributed by atoms with E-state index in [9.17, 15) is 0 Å². The molecule has 1 aliphatic heterocycles. The Kier molecular flexibility index (Phi) is 1.97. The predicted octanol–water partition coefficient (Wildman–Crippen LogP) is 2.97. The van der Waals surface area contributed by atoms with Crippen LogP contribution in [0.2, 0.25) is 5.02 Å². The summed E-state index contributed by atoms with van der Waals surface area (Å²) < 4.78 is 5.55. The molecule has 0 radical (unpaired) electrons. The summed E-state index contributed by atoms with van der Waals surface area (Å²) in [6, 6.07) is 3.95. The molecule has 2 heteroatoms. The van der Waals surface area contributed by atoms with Gasteiger partial charge in [0.25, 0.3) is 0 Å². The SMILES string of the molecule is Cc1cc(Cl)cc2c1OCCC2. The molecule has 1 aliphatic rings. The van der Waals surface area contributed by atoms with Crippen LogP contribution in [-0.4, -0.2) is 6.61 Å². The second-order valence-corrected chi connectivity index (χ2v) is 3.60. The first kappa shape index (κ1) is 7.93. The molecule has 0 N–H and O–H groups in total. The van der Waals surface area contributed by atoms with E-state index in [-0.39, 0.29) is 0 Å². The minimum Gasteiger partial charge on any atom is -0.493 e. The summed E-state index contributed by atoms with van der Waals surface area (Å²) in [7, 11) is 0. The van der Waals surface area contributed by atoms with Gasteiger partial charge >= 0.3 is 0 Å². The van der Waals surface area contributed by atoms with E-state index in [4.69, 9.17) is 16.3 Å². The maximum absolute atomic E-state index is 5.93. The normalized spacial score (nSPS) is 15.2. The fourth-order valence-electron chi connectivity index (χ4n) is 1.63. The average Bonchev–Trinajstić information content (AvgIpc) is 2.04. The van der Waals surface area contributed by atoms with Crippen molar-refractivity contribution in [2.45, 2.75) is 19.8 Å². The van der Waals surface area contributed by atoms with Crippen LogP contribution in [0.4, 0.5) is 0 Å². The van der Waals surface area contributed by atoms with Crippen molar-refractivity contribution in [3.05, 3.63) is 28.3 Å². The summed E-state index contributed by atoms with van der Waals surface area (Å²) in [5.74, 6) is 1.05. The quantitative estimate of drug-likeness (QED) is 0.600. The van der Waals surface area contributed by atoms with Crippen LogP contribution in [0.1, 0.15) is 17.5 Å². The lowest BCUT2D eigenvalue weighted by Gasteiger charge is -2.19. The second kappa shape index (κ2) is 2.98. The third-order valence-corrected chi connectivity index (χ3v) is 2.37. The van der Waals surface area contributed by atoms with Crippen LogP contribution in [0.3, 0.4) is 0 Å². The molecule has 0 bridgehead atoms. The third kappa shape index (κ3) is 1.29. The van der Waals surface area contributed by atoms with Crippen molar-refractivity contribution < 1.29 is 4.74 Å². The fraction of sp³-hybridized carbons (Fsp3) is 0.400. The molecule has 0 atom stereocenters. The van der Waals surface area contributed by atoms with Gasteiger partial charge < -0.3 is 4.74 Å². The smallest absolute Gasteiger partial charge is 0.125 e. The molecule has 0 amide bonds. The topological polar surface area (TPSA) is 9.23 Å². The molecule has 0 aliphatic carbocycles. The van der Waals surface area contributed by atoms with Gasteiger partial charge in [-0.15, -0.1) is 0 Å². The summed E-state index contributed by atoms with van der Waals surface area (Å²) in [4.78, 5) is 0. The molecule has 1 nitrogen and oxygen atoms in total. The zero-order chi connectivity index (χ0) is 8.55. The van der Waals surface area contributed by atoms with Crippen LogP contribution >= 0.6 is 11.6 Å². The lowest BCUT2D eigenvalue weighted by Crippen LogP contribution is -2.09. The van der Waals surface area contributed by atoms with Gasteiger partial charge in [0.05, 0.1) is 6.61 Å². The largest absolute Gasteiger partial charge is 0.493 e. The minimum atomic E-state index is 0.816. The summed E-state index contributed by atoms with van der Waals surface area (Å²) in [6.45, 7) is 2.88. The van der Waals surface area contributed by atoms with Crippen LogP contribution in [0.25, 0.3) is 0 Å². The van der Waals surface area contributed by atoms with E-state index in [1.807, 2.05) is 19.1 Å². The van der Waals surface area contributed by atoms with Crippen LogP contribution in [-0.2, 0) is 6.42 Å². The molecule has 1 heterocycles. The number of halogens is 1. The Labute approximate surface area is 77.3 Å². The Bertz CT molecular complexity index is 307. The van der Waals surface area contributed by atoms with Crippen molar-refractivity contribution in [1.29, 1.82) is 0 Å². The Balaban J connectivity index is 2.53. The molecular formula is C10H11ClO. The molecule has 0 unspecified atom stereocenters. The summed E-state index contributed by atoms with van der Waals surface area (Å²) in [5.41, 5.74) is 2.41. The summed E-state index contributed by atoms with van der Waals surface area (Å²) >= 11 is 5.93. The average molecular weight is 183 g/mol. The molecule has 1 aromatic rings. The van der Waals surface area contributed by atoms with Crippen molar-refractivity contribution in [2.24, 2.45) is 0 Å². The fourth-order valence-corrected chi connectivity index (χ4v) is 1.92. The summed E-state index contributed by atoms with van der Waals surface area (Å²) in [6.07, 6.45) is 2.20. The van der Waals surface area contributed by atoms with E-state index >= 15 is 0 Å². The molecule has 1 aromatic carbocycles. The highest BCUT2D eigenvalue weighted by Crippen LogP contribution is 2.31. The highest BCUT2D eigenvalue weighted by atomic mass is 35.5. The molecule has 2 rings (SSSR count). The Morgan fingerprint density at radius 2 is 2.25 bits per heavy atom. The standard InChI is InChI=1S/C10H11ClO/c1-7-5-9(11)6-8-3-2-4-12-10(7)8/h5-6H,2-4H2,1H3. The van der Waals surface area contributed by atoms with E-state index in [2.05, 4.69) is 0 Å². The highest BCUT2D eigenvalue weighted by molar-refractivity contribution is 6.30. The van der Waals surface area contributed by atoms with Gasteiger partial charge in [-0.1, -0.05) is 11.6 Å². The van der Waals surface area contributed by atoms with Gasteiger partial charge in [0.2, 0.25) is 0 Å². The highest BCUT2D eigenvalue weighted by Gasteiger charge is 2.12. The van der Waals surface area contributed by atoms with Crippen LogP contribution in [0.15, 0.2) is 12.1 Å². The first-order valence-corrected chi connectivity index (χ1v) is 4.57. The van der Waals surface area contributed by atoms with Crippen molar-refractivity contribution in [3.8, 4) is 5.75 Å². The van der Waals surface area contributed by atoms with E-state index < -0.39 is 0 Å². The lowest BCUT2D eigenvalue weighted by atomic mass is 10.0. The van der Waals surface area contributed by atoms with Gasteiger partial charge in [-0.3, -0.25) is 0 Å². The van der Waals surface area contributed by atoms with Crippen LogP contribution < -0.4 is 4.74 Å². The lowest BCUT2D eigenvalue weighted by molar-refractivity contribution is 0.286. The maximum Gasteiger partial charge on any atom is 0.125 e. The third-order valence-electron chi connectivity index (χ3n) is 2.15. The number of hydrogen-bond donors (Lipinski definition) is 0. The molecule has 0 saturated heterocycles. The monoisotopic (exact) mass is 182 g/mol. The molecule has 0 fully saturated rings. The van der Waals surface area contributed by atoms with Crippen molar-refractivity contribution in [3.63, 3.8) is 0 Å². The number of aryl methyl sites for hydroxylation is 2. The van der Waals surface area contributed by atoms with Gasteiger partial charge in [0, 0.05) is 5.02 Å². The first-order chi connectivity index (χ1) is 5.77. The molecular weight excluding hydrogens is 172 g/mol. The molecule has 0 spiro atoms. The zero-order valence-electron chi connectivity index (χ0n) is 7.06. The predicted molar refractivity (Wildman–Crippen MR) is 50.0 cm³/mol. The Morgan fingerprint density at radius 3 is 3.08 bits per heavy atom. The second-order valence-electron chi connectivity index (χ2n) is 3.16. The van der Waals surface area contributed by atoms with Crippen molar-refractivity contribution in [1.82, 2.24) is 0 Å². The van der Waals surface area contributed by atoms with Gasteiger partial charge in [0.15, 0.2) is 0 Å². The van der Waals surface area contributed by atoms with E-state index in [1.54, 1.807) is 0 Å². The molecule has 0 aromatic heterocycles. The molecule has 0 saturated carbocycles. The number of fused-ring (bicyclic) bond motifs is 1. The number of benzene rings is 1. The van der Waals surface area contributed by atoms with Crippen LogP contribution in [0, 0.1) is 6.92 Å². The number of ether oxygens (including phenoxy) is 1. The number of rotatable bonds is 0. The zero-order valence-corrected chi connectivity index (χ0v) is 7.82. The Morgan fingerprint density at radius 1 is 1.42 bits per heavy atom. The van der Waals surface area contributed by atoms with Gasteiger partial charge in [-0.25, -0.2) is 0 Å². The van der Waals surface area contributed by atoms with Crippen LogP contribution in [0.5, 0.6) is 5.75 Å². The van der Waals surface area contributed by atoms with Gasteiger partial charge in [-0.2, -0.15) is 0 Å². The molecule has 64 valence electrons. The van der Waals surface area contributed by atoms with E-state index in [0.29, 0.717) is 0 Å². The maximum atomic E-state index is 5.93. The summed E-state index contributed by atoms with van der Waals surface area (Å²) in [5, 5.41) is 0.816. The minimum absolute atomic E-state index is 0.816. The number of hydrogen-bond acceptors (Lipinski definition) is 1. The van der Waals surface area contributed by atoms with E-state index in [0.717, 1.165) is 35.8 Å². The van der Waals surface area contributed by atoms with Gasteiger partial charge in [0.1, 0.15) is 5.75 Å². The Hall–Kier alpha value is -0.690. The van der Waals surface area contributed by atoms with Gasteiger partial charge in [-0.05, 0) is 43.0 Å².